The molecule has 0 amide bonds. The summed E-state index contributed by atoms with van der Waals surface area (Å²) in [7, 11) is 0. The smallest absolute Gasteiger partial charge is 0.162 e. The maximum Gasteiger partial charge on any atom is 0.162 e. The van der Waals surface area contributed by atoms with Gasteiger partial charge in [-0.2, -0.15) is 0 Å². The van der Waals surface area contributed by atoms with E-state index < -0.39 is 0 Å². The van der Waals surface area contributed by atoms with Crippen molar-refractivity contribution in [3.8, 4) is 0 Å². The highest BCUT2D eigenvalue weighted by Gasteiger charge is 2.52. The number of aromatic nitrogens is 1. The zero-order chi connectivity index (χ0) is 17.8. The van der Waals surface area contributed by atoms with Crippen LogP contribution in [0.4, 0.5) is 5.82 Å². The molecule has 3 nitrogen and oxygen atoms in total. The number of benzene rings is 1. The van der Waals surface area contributed by atoms with Gasteiger partial charge in [0, 0.05) is 17.7 Å². The van der Waals surface area contributed by atoms with Crippen LogP contribution in [0, 0.1) is 5.41 Å². The molecule has 1 atom stereocenters. The Morgan fingerprint density at radius 2 is 1.92 bits per heavy atom. The first kappa shape index (κ1) is 16.2. The number of hydrogen-bond donors (Lipinski definition) is 1. The summed E-state index contributed by atoms with van der Waals surface area (Å²) in [6.07, 6.45) is 7.49. The van der Waals surface area contributed by atoms with E-state index in [0.717, 1.165) is 36.4 Å². The van der Waals surface area contributed by atoms with E-state index in [1.54, 1.807) is 11.3 Å². The molecule has 1 saturated carbocycles. The molecule has 3 aliphatic rings. The number of Topliss-reactive ketones (excluding diaryl/α,β-unsaturated/α-hetero) is 1. The third kappa shape index (κ3) is 2.11. The molecule has 1 fully saturated rings. The summed E-state index contributed by atoms with van der Waals surface area (Å²) in [5.74, 6) is 1.31. The maximum absolute atomic E-state index is 13.6. The fraction of sp³-hybridized carbons (Fsp3) is 0.455. The van der Waals surface area contributed by atoms with Crippen LogP contribution in [0.15, 0.2) is 47.1 Å². The third-order valence-corrected chi connectivity index (χ3v) is 7.77. The number of thiazole rings is 1. The van der Waals surface area contributed by atoms with Gasteiger partial charge in [0.05, 0.1) is 15.8 Å². The zero-order valence-electron chi connectivity index (χ0n) is 15.2. The minimum Gasteiger partial charge on any atom is -0.342 e. The second-order valence-corrected chi connectivity index (χ2v) is 8.97. The lowest BCUT2D eigenvalue weighted by molar-refractivity contribution is -0.119. The fourth-order valence-corrected chi connectivity index (χ4v) is 6.68. The molecule has 26 heavy (non-hydrogen) atoms. The number of carbonyl (C=O) groups excluding carboxylic acids is 1. The van der Waals surface area contributed by atoms with E-state index in [0.29, 0.717) is 5.78 Å². The second kappa shape index (κ2) is 5.78. The summed E-state index contributed by atoms with van der Waals surface area (Å²) >= 11 is 1.67. The largest absolute Gasteiger partial charge is 0.342 e. The Morgan fingerprint density at radius 3 is 2.65 bits per heavy atom. The van der Waals surface area contributed by atoms with Crippen LogP contribution in [-0.2, 0) is 10.2 Å². The number of hydrogen-bond acceptors (Lipinski definition) is 4. The quantitative estimate of drug-likeness (QED) is 0.771. The summed E-state index contributed by atoms with van der Waals surface area (Å²) in [5.41, 5.74) is 5.13. The van der Waals surface area contributed by atoms with Gasteiger partial charge in [-0.05, 0) is 36.7 Å². The molecule has 1 spiro atoms. The van der Waals surface area contributed by atoms with Crippen molar-refractivity contribution in [2.45, 2.75) is 57.3 Å². The molecule has 2 aromatic rings. The monoisotopic (exact) mass is 364 g/mol. The van der Waals surface area contributed by atoms with Crippen molar-refractivity contribution in [3.05, 3.63) is 57.6 Å². The molecular weight excluding hydrogens is 340 g/mol. The van der Waals surface area contributed by atoms with Crippen LogP contribution in [0.5, 0.6) is 0 Å². The van der Waals surface area contributed by atoms with Crippen molar-refractivity contribution in [1.29, 1.82) is 0 Å². The Kier molecular flexibility index (Phi) is 3.61. The fourth-order valence-electron chi connectivity index (χ4n) is 5.64. The highest BCUT2D eigenvalue weighted by atomic mass is 32.1. The lowest BCUT2D eigenvalue weighted by Crippen LogP contribution is -2.43. The Hall–Kier alpha value is -1.94. The molecule has 0 bridgehead atoms. The molecule has 5 rings (SSSR count). The van der Waals surface area contributed by atoms with Gasteiger partial charge in [-0.15, -0.1) is 11.3 Å². The summed E-state index contributed by atoms with van der Waals surface area (Å²) in [5, 5.41) is 3.58. The SMILES string of the molecule is CCC1(c2ccccc2)C2=C(CC3(CCCC3)CC2=O)Nc2ncsc21. The number of nitrogens with zero attached hydrogens (tertiary/aromatic N) is 1. The number of ketones is 1. The minimum atomic E-state index is -0.352. The van der Waals surface area contributed by atoms with Crippen molar-refractivity contribution in [3.63, 3.8) is 0 Å². The second-order valence-electron chi connectivity index (χ2n) is 8.12. The predicted octanol–water partition coefficient (Wildman–Crippen LogP) is 5.44. The number of carbonyl (C=O) groups is 1. The average molecular weight is 365 g/mol. The highest BCUT2D eigenvalue weighted by molar-refractivity contribution is 7.10. The van der Waals surface area contributed by atoms with E-state index in [1.807, 2.05) is 11.6 Å². The van der Waals surface area contributed by atoms with Gasteiger partial charge in [-0.25, -0.2) is 4.98 Å². The number of rotatable bonds is 2. The standard InChI is InChI=1S/C22H24N2OS/c1-2-22(15-8-4-3-5-9-15)18-16(24-20-19(22)26-14-23-20)12-21(13-17(18)25)10-6-7-11-21/h3-5,8-9,14,24H,2,6-7,10-13H2,1H3. The molecule has 1 aromatic heterocycles. The number of fused-ring (bicyclic) bond motifs is 1. The predicted molar refractivity (Wildman–Crippen MR) is 105 cm³/mol. The van der Waals surface area contributed by atoms with Crippen LogP contribution in [0.3, 0.4) is 0 Å². The number of allylic oxidation sites excluding steroid dienone is 2. The Bertz CT molecular complexity index is 892. The first-order valence-corrected chi connectivity index (χ1v) is 10.6. The summed E-state index contributed by atoms with van der Waals surface area (Å²) in [6.45, 7) is 2.21. The van der Waals surface area contributed by atoms with Gasteiger partial charge in [0.2, 0.25) is 0 Å². The van der Waals surface area contributed by atoms with Crippen molar-refractivity contribution >= 4 is 22.9 Å². The Balaban J connectivity index is 1.75. The van der Waals surface area contributed by atoms with E-state index in [4.69, 9.17) is 0 Å². The maximum atomic E-state index is 13.6. The van der Waals surface area contributed by atoms with Crippen molar-refractivity contribution in [1.82, 2.24) is 4.98 Å². The van der Waals surface area contributed by atoms with E-state index in [2.05, 4.69) is 41.5 Å². The van der Waals surface area contributed by atoms with Crippen molar-refractivity contribution in [2.75, 3.05) is 5.32 Å². The van der Waals surface area contributed by atoms with Gasteiger partial charge in [0.1, 0.15) is 5.82 Å². The average Bonchev–Trinajstić information content (AvgIpc) is 3.30. The lowest BCUT2D eigenvalue weighted by atomic mass is 9.61. The molecule has 1 unspecified atom stereocenters. The van der Waals surface area contributed by atoms with Crippen LogP contribution < -0.4 is 5.32 Å². The van der Waals surface area contributed by atoms with Gasteiger partial charge in [-0.3, -0.25) is 4.79 Å². The molecule has 0 saturated heterocycles. The molecule has 1 aromatic carbocycles. The topological polar surface area (TPSA) is 42.0 Å². The van der Waals surface area contributed by atoms with Gasteiger partial charge in [0.15, 0.2) is 5.78 Å². The van der Waals surface area contributed by atoms with Gasteiger partial charge >= 0.3 is 0 Å². The molecule has 1 aliphatic heterocycles. The number of anilines is 1. The molecule has 0 radical (unpaired) electrons. The molecule has 1 N–H and O–H groups in total. The van der Waals surface area contributed by atoms with E-state index in [-0.39, 0.29) is 10.8 Å². The van der Waals surface area contributed by atoms with E-state index >= 15 is 0 Å². The van der Waals surface area contributed by atoms with Crippen LogP contribution in [0.2, 0.25) is 0 Å². The van der Waals surface area contributed by atoms with Crippen LogP contribution >= 0.6 is 11.3 Å². The third-order valence-electron chi connectivity index (χ3n) is 6.78. The summed E-state index contributed by atoms with van der Waals surface area (Å²) in [4.78, 5) is 19.4. The van der Waals surface area contributed by atoms with Gasteiger partial charge < -0.3 is 5.32 Å². The van der Waals surface area contributed by atoms with Gasteiger partial charge in [0.25, 0.3) is 0 Å². The highest BCUT2D eigenvalue weighted by Crippen LogP contribution is 2.58. The van der Waals surface area contributed by atoms with Crippen molar-refractivity contribution in [2.24, 2.45) is 5.41 Å². The first-order valence-electron chi connectivity index (χ1n) is 9.72. The summed E-state index contributed by atoms with van der Waals surface area (Å²) in [6, 6.07) is 10.6. The molecule has 2 aliphatic carbocycles. The van der Waals surface area contributed by atoms with Crippen LogP contribution in [0.25, 0.3) is 0 Å². The molecule has 4 heteroatoms. The first-order chi connectivity index (χ1) is 12.7. The Morgan fingerprint density at radius 1 is 1.15 bits per heavy atom. The van der Waals surface area contributed by atoms with Crippen molar-refractivity contribution < 1.29 is 4.79 Å². The molecular formula is C22H24N2OS. The number of nitrogens with one attached hydrogen (secondary N) is 1. The molecule has 2 heterocycles. The van der Waals surface area contributed by atoms with Crippen LogP contribution in [0.1, 0.15) is 62.3 Å². The lowest BCUT2D eigenvalue weighted by Gasteiger charge is -2.45. The van der Waals surface area contributed by atoms with Crippen LogP contribution in [-0.4, -0.2) is 10.8 Å². The Labute approximate surface area is 158 Å². The van der Waals surface area contributed by atoms with Gasteiger partial charge in [-0.1, -0.05) is 50.1 Å². The van der Waals surface area contributed by atoms with E-state index in [1.165, 1.54) is 36.1 Å². The van der Waals surface area contributed by atoms with E-state index in [9.17, 15) is 4.79 Å². The minimum absolute atomic E-state index is 0.187. The summed E-state index contributed by atoms with van der Waals surface area (Å²) < 4.78 is 0. The zero-order valence-corrected chi connectivity index (χ0v) is 16.0. The normalized spacial score (nSPS) is 26.6. The molecule has 134 valence electrons.